The van der Waals surface area contributed by atoms with Gasteiger partial charge in [0.05, 0.1) is 44.1 Å². The molecule has 4 amide bonds. The number of amidine groups is 1. The molecule has 0 unspecified atom stereocenters. The number of alkyl carbamates (subject to hydrolysis) is 3. The van der Waals surface area contributed by atoms with E-state index in [-0.39, 0.29) is 60.6 Å². The SMILES string of the molecule is C#CCNB(C)O.CB(O)NCC#Cc1cnc(C)c([N+](=O)[O-])c1.CB(O)NCCCc1cnc(C)c(N=C(N)N)c1.CB(O)NCCCc1cnc(C)c(N=C(NC(=O)OCc2ccccc2)NC(=O)OCc2ccccc2)c1.CB(O)NCCCc1cnc(C)c([N+](=O)[O-])c1.CSC(=NC(=O)OCc1ccccc1)NC(=O)OCc1ccccc1.Cc1ncc(Br)cc1[N+](=O)[O-]. The highest BCUT2D eigenvalue weighted by atomic mass is 79.9. The first-order valence-electron chi connectivity index (χ1n) is 41.3. The second-order valence-corrected chi connectivity index (χ2v) is 30.0. The van der Waals surface area contributed by atoms with E-state index in [2.05, 4.69) is 116 Å². The number of guanidine groups is 2. The molecule has 5 aromatic heterocycles. The third-order valence-corrected chi connectivity index (χ3v) is 17.9. The number of nitro groups is 3. The summed E-state index contributed by atoms with van der Waals surface area (Å²) >= 11 is 4.20. The van der Waals surface area contributed by atoms with Crippen LogP contribution in [-0.2, 0) is 64.6 Å². The summed E-state index contributed by atoms with van der Waals surface area (Å²) in [6.45, 7) is 19.8. The molecule has 0 fully saturated rings. The number of rotatable bonds is 32. The average Bonchev–Trinajstić information content (AvgIpc) is 0.853. The number of hydrogen-bond acceptors (Lipinski definition) is 32. The van der Waals surface area contributed by atoms with Crippen molar-refractivity contribution in [3.63, 3.8) is 0 Å². The number of pyridine rings is 5. The van der Waals surface area contributed by atoms with Crippen LogP contribution in [0.2, 0.25) is 34.1 Å². The Hall–Kier alpha value is -13.4. The van der Waals surface area contributed by atoms with E-state index in [1.807, 2.05) is 147 Å². The number of nitrogens with two attached hydrogens (primary N) is 2. The van der Waals surface area contributed by atoms with Crippen molar-refractivity contribution < 1.29 is 78.0 Å². The molecule has 9 aromatic rings. The first-order valence-corrected chi connectivity index (χ1v) is 43.3. The highest BCUT2D eigenvalue weighted by molar-refractivity contribution is 9.10. The number of carbonyl (C=O) groups is 4. The first-order chi connectivity index (χ1) is 63.4. The fraction of sp³-hybridized carbons (Fsp3) is 0.302. The van der Waals surface area contributed by atoms with E-state index in [0.29, 0.717) is 83.2 Å². The summed E-state index contributed by atoms with van der Waals surface area (Å²) in [5, 5.41) is 98.1. The van der Waals surface area contributed by atoms with Crippen LogP contribution in [0.3, 0.4) is 0 Å². The van der Waals surface area contributed by atoms with Crippen LogP contribution in [0.15, 0.2) is 202 Å². The Bertz CT molecular complexity index is 5230. The molecular formula is C86H111B5BrN21O19S. The lowest BCUT2D eigenvalue weighted by Crippen LogP contribution is -2.44. The zero-order chi connectivity index (χ0) is 98.4. The number of amides is 4. The van der Waals surface area contributed by atoms with Crippen molar-refractivity contribution in [2.45, 2.75) is 134 Å². The number of ether oxygens (including phenoxy) is 4. The highest BCUT2D eigenvalue weighted by Gasteiger charge is 2.19. The van der Waals surface area contributed by atoms with Gasteiger partial charge in [0.15, 0.2) is 11.1 Å². The Balaban J connectivity index is 0.000000422. The maximum atomic E-state index is 12.5. The van der Waals surface area contributed by atoms with Crippen molar-refractivity contribution in [2.75, 3.05) is 39.0 Å². The van der Waals surface area contributed by atoms with Crippen LogP contribution in [0.25, 0.3) is 0 Å². The number of aliphatic imine (C=N–C) groups is 3. The molecule has 0 aliphatic carbocycles. The number of hydrogen-bond donors (Lipinski definition) is 15. The molecule has 0 radical (unpaired) electrons. The average molecular weight is 1910 g/mol. The molecule has 0 saturated carbocycles. The summed E-state index contributed by atoms with van der Waals surface area (Å²) in [4.78, 5) is 111. The third kappa shape index (κ3) is 53.5. The van der Waals surface area contributed by atoms with Gasteiger partial charge in [0, 0.05) is 65.8 Å². The van der Waals surface area contributed by atoms with Gasteiger partial charge in [-0.15, -0.1) is 6.42 Å². The minimum atomic E-state index is -0.790. The van der Waals surface area contributed by atoms with Crippen molar-refractivity contribution >= 4 is 133 Å². The summed E-state index contributed by atoms with van der Waals surface area (Å²) < 4.78 is 21.3. The van der Waals surface area contributed by atoms with Crippen molar-refractivity contribution in [3.8, 4) is 24.2 Å². The van der Waals surface area contributed by atoms with Crippen molar-refractivity contribution in [1.29, 1.82) is 0 Å². The number of terminal acetylenes is 1. The molecule has 702 valence electrons. The first kappa shape index (κ1) is 114. The largest absolute Gasteiger partial charge is 0.444 e. The summed E-state index contributed by atoms with van der Waals surface area (Å²) in [7, 11) is -2.70. The number of nitrogens with zero attached hydrogens (tertiary/aromatic N) is 11. The minimum absolute atomic E-state index is 0.0350. The van der Waals surface area contributed by atoms with E-state index in [1.54, 1.807) is 86.5 Å². The normalized spacial score (nSPS) is 10.1. The number of nitrogens with one attached hydrogen (secondary N) is 8. The molecule has 47 heteroatoms. The minimum Gasteiger partial charge on any atom is -0.444 e. The van der Waals surface area contributed by atoms with Crippen LogP contribution in [0.4, 0.5) is 47.6 Å². The van der Waals surface area contributed by atoms with E-state index in [4.69, 9.17) is 56.9 Å². The molecule has 40 nitrogen and oxygen atoms in total. The van der Waals surface area contributed by atoms with E-state index in [9.17, 15) is 54.5 Å². The quantitative estimate of drug-likeness (QED) is 0.00272. The number of carbonyl (C=O) groups excluding carboxylic acids is 4. The fourth-order valence-corrected chi connectivity index (χ4v) is 10.9. The van der Waals surface area contributed by atoms with Crippen LogP contribution in [0.5, 0.6) is 0 Å². The number of benzene rings is 4. The van der Waals surface area contributed by atoms with Gasteiger partial charge in [-0.3, -0.25) is 71.2 Å². The zero-order valence-electron chi connectivity index (χ0n) is 75.7. The van der Waals surface area contributed by atoms with E-state index in [1.165, 1.54) is 24.5 Å². The van der Waals surface area contributed by atoms with Crippen LogP contribution < -0.4 is 53.6 Å². The van der Waals surface area contributed by atoms with Gasteiger partial charge in [0.1, 0.15) is 43.5 Å². The van der Waals surface area contributed by atoms with E-state index in [0.717, 1.165) is 88.6 Å². The smallest absolute Gasteiger partial charge is 0.436 e. The standard InChI is InChI=1S/C27H32BN5O5.C18H18N2O4S.C11H20BN5O.C10H16BN3O3.C10H12BN3O3.C6H5BrN2O2.C4H8BNO/c1-20-24(16-23(17-29-20)14-9-15-30-28(2)36)31-25(32-26(34)37-18-21-10-5-3-6-11-21)33-27(35)38-19-22-12-7-4-8-13-22;1-25-16(19-17(21)23-12-14-8-4-2-5-9-14)20-18(22)24-13-15-10-6-3-7-11-15;1-8-10(17-11(13)14)6-9(7-15-8)4-3-5-16-12(2)18;2*1-8-10(14(16)17)6-9(7-12-8)4-3-5-13-11(2)15;1-4-6(9(10)11)2-5(7)3-8-4;1-3-4-6-5(2)7/h3-8,10-13,16-17,30,36H,9,14-15,18-19H2,1-2H3,(H2,31,32,33,34,35);2-11H,12-13H2,1H3,(H,19,20,21,22);6-7,16,18H,3-5H2,1-2H3,(H4,13,14,17);6-7,13,15H,3-5H2,1-2H3;6-7,13,15H,5H2,1-2H3;2-3H,1H3;1,6-7H,4H2,2H3. The van der Waals surface area contributed by atoms with Crippen LogP contribution >= 0.6 is 27.7 Å². The molecule has 9 rings (SSSR count). The molecular weight excluding hydrogens is 1800 g/mol. The Kier molecular flexibility index (Phi) is 56.5. The van der Waals surface area contributed by atoms with Gasteiger partial charge in [0.2, 0.25) is 5.96 Å². The third-order valence-electron chi connectivity index (χ3n) is 16.9. The Labute approximate surface area is 787 Å². The molecule has 0 bridgehead atoms. The maximum absolute atomic E-state index is 12.5. The molecule has 5 heterocycles. The Morgan fingerprint density at radius 2 is 0.797 bits per heavy atom. The van der Waals surface area contributed by atoms with E-state index < -0.39 is 74.4 Å². The van der Waals surface area contributed by atoms with Gasteiger partial charge in [-0.1, -0.05) is 151 Å². The van der Waals surface area contributed by atoms with E-state index >= 15 is 0 Å². The molecule has 4 aromatic carbocycles. The second kappa shape index (κ2) is 66.0. The lowest BCUT2D eigenvalue weighted by atomic mass is 9.89. The predicted octanol–water partition coefficient (Wildman–Crippen LogP) is 10.4. The van der Waals surface area contributed by atoms with Crippen molar-refractivity contribution in [1.82, 2.24) is 67.0 Å². The number of aryl methyl sites for hydroxylation is 8. The van der Waals surface area contributed by atoms with Crippen LogP contribution in [0.1, 0.15) is 92.2 Å². The predicted molar refractivity (Wildman–Crippen MR) is 522 cm³/mol. The molecule has 0 atom stereocenters. The summed E-state index contributed by atoms with van der Waals surface area (Å²) in [5.74, 6) is 7.68. The number of thioether (sulfide) groups is 1. The molecule has 0 spiro atoms. The lowest BCUT2D eigenvalue weighted by Gasteiger charge is -2.13. The molecule has 133 heavy (non-hydrogen) atoms. The molecule has 0 aliphatic heterocycles. The summed E-state index contributed by atoms with van der Waals surface area (Å²) in [6, 6.07) is 45.1. The highest BCUT2D eigenvalue weighted by Crippen LogP contribution is 2.24. The summed E-state index contributed by atoms with van der Waals surface area (Å²) in [5.41, 5.74) is 21.2. The van der Waals surface area contributed by atoms with Gasteiger partial charge in [0.25, 0.3) is 17.1 Å². The molecule has 0 saturated heterocycles. The van der Waals surface area contributed by atoms with Gasteiger partial charge >= 0.3 is 59.6 Å². The van der Waals surface area contributed by atoms with Gasteiger partial charge in [-0.25, -0.2) is 29.2 Å². The topological polar surface area (TPSA) is 586 Å². The van der Waals surface area contributed by atoms with Crippen LogP contribution in [-0.4, -0.2) is 181 Å². The Morgan fingerprint density at radius 1 is 0.459 bits per heavy atom. The van der Waals surface area contributed by atoms with Crippen molar-refractivity contribution in [3.05, 3.63) is 290 Å². The fourth-order valence-electron chi connectivity index (χ4n) is 10.2. The van der Waals surface area contributed by atoms with Crippen LogP contribution in [0, 0.1) is 89.1 Å². The molecule has 17 N–H and O–H groups in total. The lowest BCUT2D eigenvalue weighted by molar-refractivity contribution is -0.385. The maximum Gasteiger partial charge on any atom is 0.436 e. The second-order valence-electron chi connectivity index (χ2n) is 28.2. The van der Waals surface area contributed by atoms with Gasteiger partial charge < -0.3 is 81.7 Å². The number of aromatic nitrogens is 5. The Morgan fingerprint density at radius 3 is 1.16 bits per heavy atom. The number of halogens is 1. The zero-order valence-corrected chi connectivity index (χ0v) is 78.1. The monoisotopic (exact) mass is 1910 g/mol. The van der Waals surface area contributed by atoms with Gasteiger partial charge in [-0.05, 0) is 200 Å². The summed E-state index contributed by atoms with van der Waals surface area (Å²) in [6.07, 6.45) is 16.5. The molecule has 0 aliphatic rings. The van der Waals surface area contributed by atoms with Crippen molar-refractivity contribution in [2.24, 2.45) is 26.4 Å². The van der Waals surface area contributed by atoms with Gasteiger partial charge in [-0.2, -0.15) is 4.99 Å².